The Labute approximate surface area is 175 Å². The van der Waals surface area contributed by atoms with Crippen LogP contribution >= 0.6 is 34.8 Å². The van der Waals surface area contributed by atoms with Gasteiger partial charge in [0.25, 0.3) is 0 Å². The van der Waals surface area contributed by atoms with E-state index in [0.29, 0.717) is 34.0 Å². The second kappa shape index (κ2) is 8.88. The standard InChI is InChI=1S/C22H20Cl3NO/c1-14-7-8-15(2)21(9-14)26-12-17-10-18(23)11-20(25)22(17)27-13-16-5-3-4-6-19(16)24/h3-11,26H,12-13H2,1-2H3. The van der Waals surface area contributed by atoms with Crippen LogP contribution in [0.15, 0.2) is 54.6 Å². The van der Waals surface area contributed by atoms with E-state index in [4.69, 9.17) is 39.5 Å². The average molecular weight is 421 g/mol. The van der Waals surface area contributed by atoms with Crippen molar-refractivity contribution in [2.45, 2.75) is 27.0 Å². The first-order valence-electron chi connectivity index (χ1n) is 8.59. The van der Waals surface area contributed by atoms with E-state index in [1.54, 1.807) is 6.07 Å². The Bertz CT molecular complexity index is 956. The number of rotatable bonds is 6. The molecule has 0 aromatic heterocycles. The number of aryl methyl sites for hydroxylation is 2. The molecule has 0 spiro atoms. The maximum absolute atomic E-state index is 6.41. The molecular formula is C22H20Cl3NO. The van der Waals surface area contributed by atoms with E-state index < -0.39 is 0 Å². The van der Waals surface area contributed by atoms with E-state index in [9.17, 15) is 0 Å². The van der Waals surface area contributed by atoms with E-state index in [-0.39, 0.29) is 0 Å². The summed E-state index contributed by atoms with van der Waals surface area (Å²) in [5.74, 6) is 0.610. The molecule has 1 N–H and O–H groups in total. The minimum Gasteiger partial charge on any atom is -0.487 e. The van der Waals surface area contributed by atoms with Gasteiger partial charge in [0.2, 0.25) is 0 Å². The van der Waals surface area contributed by atoms with Crippen LogP contribution in [0.4, 0.5) is 5.69 Å². The van der Waals surface area contributed by atoms with Gasteiger partial charge in [-0.15, -0.1) is 0 Å². The lowest BCUT2D eigenvalue weighted by Crippen LogP contribution is -2.06. The Morgan fingerprint density at radius 2 is 1.63 bits per heavy atom. The molecule has 0 aliphatic rings. The molecule has 3 aromatic carbocycles. The minimum absolute atomic E-state index is 0.331. The highest BCUT2D eigenvalue weighted by atomic mass is 35.5. The molecule has 0 aliphatic heterocycles. The normalized spacial score (nSPS) is 10.7. The Morgan fingerprint density at radius 3 is 2.41 bits per heavy atom. The van der Waals surface area contributed by atoms with Crippen molar-refractivity contribution >= 4 is 40.5 Å². The zero-order chi connectivity index (χ0) is 19.4. The molecule has 5 heteroatoms. The average Bonchev–Trinajstić information content (AvgIpc) is 2.63. The summed E-state index contributed by atoms with van der Waals surface area (Å²) in [4.78, 5) is 0. The molecular weight excluding hydrogens is 401 g/mol. The molecule has 0 saturated heterocycles. The first-order valence-corrected chi connectivity index (χ1v) is 9.72. The first kappa shape index (κ1) is 19.9. The van der Waals surface area contributed by atoms with Crippen LogP contribution in [0.2, 0.25) is 15.1 Å². The number of anilines is 1. The topological polar surface area (TPSA) is 21.3 Å². The highest BCUT2D eigenvalue weighted by Gasteiger charge is 2.12. The van der Waals surface area contributed by atoms with Gasteiger partial charge in [-0.25, -0.2) is 0 Å². The molecule has 2 nitrogen and oxygen atoms in total. The second-order valence-corrected chi connectivity index (χ2v) is 7.68. The Kier molecular flexibility index (Phi) is 6.54. The van der Waals surface area contributed by atoms with Crippen molar-refractivity contribution in [1.82, 2.24) is 0 Å². The van der Waals surface area contributed by atoms with Gasteiger partial charge in [-0.05, 0) is 49.2 Å². The highest BCUT2D eigenvalue weighted by molar-refractivity contribution is 6.35. The van der Waals surface area contributed by atoms with Gasteiger partial charge in [-0.3, -0.25) is 0 Å². The smallest absolute Gasteiger partial charge is 0.143 e. The van der Waals surface area contributed by atoms with Crippen LogP contribution in [-0.4, -0.2) is 0 Å². The third-order valence-electron chi connectivity index (χ3n) is 4.28. The summed E-state index contributed by atoms with van der Waals surface area (Å²) >= 11 is 18.8. The molecule has 0 fully saturated rings. The molecule has 0 atom stereocenters. The van der Waals surface area contributed by atoms with Gasteiger partial charge in [-0.2, -0.15) is 0 Å². The number of halogens is 3. The third kappa shape index (κ3) is 5.10. The SMILES string of the molecule is Cc1ccc(C)c(NCc2cc(Cl)cc(Cl)c2OCc2ccccc2Cl)c1. The number of ether oxygens (including phenoxy) is 1. The van der Waals surface area contributed by atoms with Crippen molar-refractivity contribution in [3.05, 3.63) is 91.9 Å². The number of benzene rings is 3. The number of hydrogen-bond donors (Lipinski definition) is 1. The number of nitrogens with one attached hydrogen (secondary N) is 1. The van der Waals surface area contributed by atoms with Crippen LogP contribution < -0.4 is 10.1 Å². The minimum atomic E-state index is 0.331. The molecule has 0 saturated carbocycles. The largest absolute Gasteiger partial charge is 0.487 e. The fourth-order valence-electron chi connectivity index (χ4n) is 2.79. The Hall–Kier alpha value is -1.87. The Morgan fingerprint density at radius 1 is 0.852 bits per heavy atom. The lowest BCUT2D eigenvalue weighted by molar-refractivity contribution is 0.303. The summed E-state index contributed by atoms with van der Waals surface area (Å²) in [5, 5.41) is 5.17. The summed E-state index contributed by atoms with van der Waals surface area (Å²) in [6.45, 7) is 5.01. The van der Waals surface area contributed by atoms with Crippen LogP contribution in [0.5, 0.6) is 5.75 Å². The fourth-order valence-corrected chi connectivity index (χ4v) is 3.57. The van der Waals surface area contributed by atoms with Crippen molar-refractivity contribution in [3.8, 4) is 5.75 Å². The lowest BCUT2D eigenvalue weighted by atomic mass is 10.1. The maximum Gasteiger partial charge on any atom is 0.143 e. The van der Waals surface area contributed by atoms with E-state index in [2.05, 4.69) is 37.4 Å². The first-order chi connectivity index (χ1) is 12.9. The van der Waals surface area contributed by atoms with Crippen molar-refractivity contribution in [1.29, 1.82) is 0 Å². The van der Waals surface area contributed by atoms with E-state index >= 15 is 0 Å². The molecule has 0 heterocycles. The summed E-state index contributed by atoms with van der Waals surface area (Å²) in [5.41, 5.74) is 5.23. The Balaban J connectivity index is 1.82. The fraction of sp³-hybridized carbons (Fsp3) is 0.182. The zero-order valence-corrected chi connectivity index (χ0v) is 17.4. The predicted molar refractivity (Wildman–Crippen MR) is 115 cm³/mol. The molecule has 0 unspecified atom stereocenters. The van der Waals surface area contributed by atoms with Gasteiger partial charge >= 0.3 is 0 Å². The van der Waals surface area contributed by atoms with Crippen LogP contribution in [0.1, 0.15) is 22.3 Å². The van der Waals surface area contributed by atoms with Crippen molar-refractivity contribution in [2.24, 2.45) is 0 Å². The molecule has 0 bridgehead atoms. The molecule has 0 radical (unpaired) electrons. The monoisotopic (exact) mass is 419 g/mol. The lowest BCUT2D eigenvalue weighted by Gasteiger charge is -2.16. The van der Waals surface area contributed by atoms with Gasteiger partial charge < -0.3 is 10.1 Å². The molecule has 3 aromatic rings. The second-order valence-electron chi connectivity index (χ2n) is 6.43. The van der Waals surface area contributed by atoms with Crippen molar-refractivity contribution in [3.63, 3.8) is 0 Å². The van der Waals surface area contributed by atoms with E-state index in [0.717, 1.165) is 16.8 Å². The van der Waals surface area contributed by atoms with Gasteiger partial charge in [0.05, 0.1) is 5.02 Å². The van der Waals surface area contributed by atoms with Gasteiger partial charge in [0, 0.05) is 33.4 Å². The van der Waals surface area contributed by atoms with Crippen molar-refractivity contribution < 1.29 is 4.74 Å². The summed E-state index contributed by atoms with van der Waals surface area (Å²) < 4.78 is 6.02. The maximum atomic E-state index is 6.41. The van der Waals surface area contributed by atoms with Crippen LogP contribution in [0.25, 0.3) is 0 Å². The third-order valence-corrected chi connectivity index (χ3v) is 5.15. The highest BCUT2D eigenvalue weighted by Crippen LogP contribution is 2.34. The molecule has 140 valence electrons. The number of hydrogen-bond acceptors (Lipinski definition) is 2. The molecule has 0 aliphatic carbocycles. The predicted octanol–water partition coefficient (Wildman–Crippen LogP) is 7.45. The summed E-state index contributed by atoms with van der Waals surface area (Å²) in [6, 6.07) is 17.4. The van der Waals surface area contributed by atoms with Crippen molar-refractivity contribution in [2.75, 3.05) is 5.32 Å². The summed E-state index contributed by atoms with van der Waals surface area (Å²) in [6.07, 6.45) is 0. The van der Waals surface area contributed by atoms with Crippen LogP contribution in [0, 0.1) is 13.8 Å². The molecule has 0 amide bonds. The molecule has 27 heavy (non-hydrogen) atoms. The van der Waals surface area contributed by atoms with E-state index in [1.165, 1.54) is 11.1 Å². The van der Waals surface area contributed by atoms with Gasteiger partial charge in [0.1, 0.15) is 12.4 Å². The van der Waals surface area contributed by atoms with Crippen LogP contribution in [0.3, 0.4) is 0 Å². The quantitative estimate of drug-likeness (QED) is 0.447. The molecule has 3 rings (SSSR count). The van der Waals surface area contributed by atoms with Gasteiger partial charge in [0.15, 0.2) is 0 Å². The zero-order valence-electron chi connectivity index (χ0n) is 15.2. The van der Waals surface area contributed by atoms with E-state index in [1.807, 2.05) is 30.3 Å². The van der Waals surface area contributed by atoms with Crippen LogP contribution in [-0.2, 0) is 13.2 Å². The summed E-state index contributed by atoms with van der Waals surface area (Å²) in [7, 11) is 0. The van der Waals surface area contributed by atoms with Gasteiger partial charge in [-0.1, -0.05) is 65.1 Å².